The van der Waals surface area contributed by atoms with E-state index in [0.717, 1.165) is 11.3 Å². The molecule has 0 unspecified atom stereocenters. The molecule has 0 radical (unpaired) electrons. The van der Waals surface area contributed by atoms with Crippen LogP contribution in [0.3, 0.4) is 0 Å². The number of amides is 1. The highest BCUT2D eigenvalue weighted by atomic mass is 16.1. The molecule has 4 heteroatoms. The molecule has 0 fully saturated rings. The van der Waals surface area contributed by atoms with Crippen molar-refractivity contribution in [2.75, 3.05) is 11.9 Å². The number of rotatable bonds is 7. The van der Waals surface area contributed by atoms with Crippen LogP contribution in [0.2, 0.25) is 0 Å². The second-order valence-electron chi connectivity index (χ2n) is 5.58. The number of ketones is 1. The van der Waals surface area contributed by atoms with Crippen LogP contribution in [0.4, 0.5) is 5.69 Å². The first-order valence-corrected chi connectivity index (χ1v) is 7.72. The summed E-state index contributed by atoms with van der Waals surface area (Å²) < 4.78 is 0. The van der Waals surface area contributed by atoms with Gasteiger partial charge in [0.2, 0.25) is 5.91 Å². The van der Waals surface area contributed by atoms with Gasteiger partial charge in [0.25, 0.3) is 0 Å². The van der Waals surface area contributed by atoms with Gasteiger partial charge in [0.05, 0.1) is 0 Å². The minimum atomic E-state index is 0.000738. The van der Waals surface area contributed by atoms with E-state index in [2.05, 4.69) is 10.6 Å². The number of nitrogens with one attached hydrogen (secondary N) is 2. The number of hydrogen-bond acceptors (Lipinski definition) is 3. The van der Waals surface area contributed by atoms with E-state index < -0.39 is 0 Å². The molecule has 0 bridgehead atoms. The standard InChI is InChI=1S/C19H22N2O2/c1-14-6-8-16(9-7-14)13-21-19(23)10-11-20-18-5-3-4-17(12-18)15(2)22/h3-9,12,20H,10-11,13H2,1-2H3,(H,21,23). The third kappa shape index (κ3) is 5.58. The molecule has 0 aliphatic heterocycles. The Hall–Kier alpha value is -2.62. The predicted molar refractivity (Wildman–Crippen MR) is 92.6 cm³/mol. The van der Waals surface area contributed by atoms with E-state index in [1.807, 2.05) is 43.3 Å². The average Bonchev–Trinajstić information content (AvgIpc) is 2.54. The smallest absolute Gasteiger partial charge is 0.222 e. The molecule has 1 amide bonds. The maximum absolute atomic E-state index is 11.8. The molecule has 23 heavy (non-hydrogen) atoms. The molecule has 0 aromatic heterocycles. The van der Waals surface area contributed by atoms with Crippen molar-refractivity contribution >= 4 is 17.4 Å². The molecular formula is C19H22N2O2. The fraction of sp³-hybridized carbons (Fsp3) is 0.263. The first-order valence-electron chi connectivity index (χ1n) is 7.72. The van der Waals surface area contributed by atoms with Crippen molar-refractivity contribution in [1.29, 1.82) is 0 Å². The maximum Gasteiger partial charge on any atom is 0.222 e. The van der Waals surface area contributed by atoms with Crippen molar-refractivity contribution in [2.45, 2.75) is 26.8 Å². The molecule has 0 saturated carbocycles. The molecule has 0 aliphatic carbocycles. The first-order chi connectivity index (χ1) is 11.0. The summed E-state index contributed by atoms with van der Waals surface area (Å²) in [6.07, 6.45) is 0.385. The molecule has 2 aromatic rings. The molecular weight excluding hydrogens is 288 g/mol. The third-order valence-electron chi connectivity index (χ3n) is 3.56. The lowest BCUT2D eigenvalue weighted by molar-refractivity contribution is -0.121. The highest BCUT2D eigenvalue weighted by molar-refractivity contribution is 5.94. The molecule has 120 valence electrons. The Kier molecular flexibility index (Phi) is 5.92. The van der Waals surface area contributed by atoms with Crippen molar-refractivity contribution in [3.05, 3.63) is 65.2 Å². The number of benzene rings is 2. The van der Waals surface area contributed by atoms with Gasteiger partial charge in [-0.3, -0.25) is 9.59 Å². The van der Waals surface area contributed by atoms with E-state index in [1.54, 1.807) is 12.1 Å². The second kappa shape index (κ2) is 8.13. The predicted octanol–water partition coefficient (Wildman–Crippen LogP) is 3.32. The Morgan fingerprint density at radius 2 is 1.78 bits per heavy atom. The summed E-state index contributed by atoms with van der Waals surface area (Å²) in [5, 5.41) is 6.06. The zero-order valence-electron chi connectivity index (χ0n) is 13.6. The van der Waals surface area contributed by atoms with Gasteiger partial charge in [-0.1, -0.05) is 42.0 Å². The Morgan fingerprint density at radius 3 is 2.48 bits per heavy atom. The van der Waals surface area contributed by atoms with Gasteiger partial charge < -0.3 is 10.6 Å². The highest BCUT2D eigenvalue weighted by Gasteiger charge is 2.03. The Bertz CT molecular complexity index is 678. The zero-order valence-corrected chi connectivity index (χ0v) is 13.6. The van der Waals surface area contributed by atoms with Crippen LogP contribution in [0.15, 0.2) is 48.5 Å². The zero-order chi connectivity index (χ0) is 16.7. The van der Waals surface area contributed by atoms with E-state index in [1.165, 1.54) is 12.5 Å². The summed E-state index contributed by atoms with van der Waals surface area (Å²) in [5.41, 5.74) is 3.81. The number of anilines is 1. The lowest BCUT2D eigenvalue weighted by atomic mass is 10.1. The molecule has 0 saturated heterocycles. The SMILES string of the molecule is CC(=O)c1cccc(NCCC(=O)NCc2ccc(C)cc2)c1. The number of carbonyl (C=O) groups excluding carboxylic acids is 2. The molecule has 0 spiro atoms. The first kappa shape index (κ1) is 16.7. The quantitative estimate of drug-likeness (QED) is 0.771. The number of carbonyl (C=O) groups is 2. The molecule has 0 aliphatic rings. The minimum Gasteiger partial charge on any atom is -0.385 e. The third-order valence-corrected chi connectivity index (χ3v) is 3.56. The number of Topliss-reactive ketones (excluding diaryl/α,β-unsaturated/α-hetero) is 1. The van der Waals surface area contributed by atoms with E-state index in [0.29, 0.717) is 25.1 Å². The summed E-state index contributed by atoms with van der Waals surface area (Å²) in [4.78, 5) is 23.2. The van der Waals surface area contributed by atoms with Gasteiger partial charge in [0.15, 0.2) is 5.78 Å². The van der Waals surface area contributed by atoms with E-state index >= 15 is 0 Å². The fourth-order valence-electron chi connectivity index (χ4n) is 2.16. The molecule has 0 heterocycles. The Labute approximate surface area is 136 Å². The van der Waals surface area contributed by atoms with Gasteiger partial charge in [-0.2, -0.15) is 0 Å². The minimum absolute atomic E-state index is 0.000738. The van der Waals surface area contributed by atoms with Gasteiger partial charge in [0.1, 0.15) is 0 Å². The van der Waals surface area contributed by atoms with Crippen LogP contribution in [0, 0.1) is 6.92 Å². The summed E-state index contributed by atoms with van der Waals surface area (Å²) in [5.74, 6) is 0.0327. The van der Waals surface area contributed by atoms with Crippen LogP contribution in [-0.2, 0) is 11.3 Å². The van der Waals surface area contributed by atoms with Crippen molar-refractivity contribution in [2.24, 2.45) is 0 Å². The molecule has 2 N–H and O–H groups in total. The highest BCUT2D eigenvalue weighted by Crippen LogP contribution is 2.11. The van der Waals surface area contributed by atoms with Crippen molar-refractivity contribution in [3.63, 3.8) is 0 Å². The lowest BCUT2D eigenvalue weighted by Crippen LogP contribution is -2.24. The topological polar surface area (TPSA) is 58.2 Å². The number of aryl methyl sites for hydroxylation is 1. The summed E-state index contributed by atoms with van der Waals surface area (Å²) in [7, 11) is 0. The summed E-state index contributed by atoms with van der Waals surface area (Å²) in [6.45, 7) is 4.65. The van der Waals surface area contributed by atoms with Crippen LogP contribution in [0.25, 0.3) is 0 Å². The van der Waals surface area contributed by atoms with Crippen LogP contribution in [-0.4, -0.2) is 18.2 Å². The number of hydrogen-bond donors (Lipinski definition) is 2. The van der Waals surface area contributed by atoms with Gasteiger partial charge in [-0.05, 0) is 31.5 Å². The summed E-state index contributed by atoms with van der Waals surface area (Å²) in [6, 6.07) is 15.4. The van der Waals surface area contributed by atoms with Crippen molar-refractivity contribution in [3.8, 4) is 0 Å². The Balaban J connectivity index is 1.73. The van der Waals surface area contributed by atoms with Gasteiger partial charge >= 0.3 is 0 Å². The normalized spacial score (nSPS) is 10.2. The molecule has 2 rings (SSSR count). The van der Waals surface area contributed by atoms with Crippen LogP contribution < -0.4 is 10.6 Å². The monoisotopic (exact) mass is 310 g/mol. The molecule has 0 atom stereocenters. The van der Waals surface area contributed by atoms with Crippen LogP contribution in [0.5, 0.6) is 0 Å². The summed E-state index contributed by atoms with van der Waals surface area (Å²) >= 11 is 0. The maximum atomic E-state index is 11.8. The van der Waals surface area contributed by atoms with E-state index in [-0.39, 0.29) is 11.7 Å². The average molecular weight is 310 g/mol. The lowest BCUT2D eigenvalue weighted by Gasteiger charge is -2.08. The van der Waals surface area contributed by atoms with Crippen molar-refractivity contribution in [1.82, 2.24) is 5.32 Å². The van der Waals surface area contributed by atoms with E-state index in [9.17, 15) is 9.59 Å². The van der Waals surface area contributed by atoms with Gasteiger partial charge in [0, 0.05) is 30.8 Å². The van der Waals surface area contributed by atoms with Crippen LogP contribution >= 0.6 is 0 Å². The van der Waals surface area contributed by atoms with Crippen LogP contribution in [0.1, 0.15) is 34.8 Å². The Morgan fingerprint density at radius 1 is 1.04 bits per heavy atom. The second-order valence-corrected chi connectivity index (χ2v) is 5.58. The largest absolute Gasteiger partial charge is 0.385 e. The van der Waals surface area contributed by atoms with E-state index in [4.69, 9.17) is 0 Å². The van der Waals surface area contributed by atoms with Crippen molar-refractivity contribution < 1.29 is 9.59 Å². The molecule has 4 nitrogen and oxygen atoms in total. The van der Waals surface area contributed by atoms with Gasteiger partial charge in [-0.15, -0.1) is 0 Å². The fourth-order valence-corrected chi connectivity index (χ4v) is 2.16. The van der Waals surface area contributed by atoms with Gasteiger partial charge in [-0.25, -0.2) is 0 Å². The molecule has 2 aromatic carbocycles.